The normalized spacial score (nSPS) is 13.8. The third-order valence-corrected chi connectivity index (χ3v) is 3.97. The van der Waals surface area contributed by atoms with Gasteiger partial charge in [-0.05, 0) is 43.7 Å². The molecule has 0 amide bonds. The van der Waals surface area contributed by atoms with E-state index in [2.05, 4.69) is 0 Å². The van der Waals surface area contributed by atoms with Crippen LogP contribution >= 0.6 is 11.6 Å². The molecule has 0 aliphatic rings. The van der Waals surface area contributed by atoms with E-state index >= 15 is 0 Å². The summed E-state index contributed by atoms with van der Waals surface area (Å²) in [7, 11) is 1.88. The van der Waals surface area contributed by atoms with Gasteiger partial charge < -0.3 is 10.0 Å². The molecule has 0 radical (unpaired) electrons. The molecule has 2 aromatic rings. The Balaban J connectivity index is 2.40. The van der Waals surface area contributed by atoms with Gasteiger partial charge in [0.2, 0.25) is 0 Å². The molecule has 2 rings (SSSR count). The lowest BCUT2D eigenvalue weighted by Gasteiger charge is -2.30. The number of hydrogen-bond donors (Lipinski definition) is 1. The lowest BCUT2D eigenvalue weighted by Crippen LogP contribution is -2.23. The van der Waals surface area contributed by atoms with Crippen LogP contribution in [0, 0.1) is 5.82 Å². The van der Waals surface area contributed by atoms with Crippen molar-refractivity contribution in [2.45, 2.75) is 26.0 Å². The Morgan fingerprint density at radius 3 is 2.43 bits per heavy atom. The summed E-state index contributed by atoms with van der Waals surface area (Å²) in [5.41, 5.74) is 2.03. The average Bonchev–Trinajstić information content (AvgIpc) is 2.45. The van der Waals surface area contributed by atoms with E-state index in [0.29, 0.717) is 16.3 Å². The summed E-state index contributed by atoms with van der Waals surface area (Å²) in [5.74, 6) is -0.396. The Hall–Kier alpha value is -1.58. The van der Waals surface area contributed by atoms with Crippen LogP contribution in [0.3, 0.4) is 0 Å². The second-order valence-electron chi connectivity index (χ2n) is 5.19. The molecular weight excluding hydrogens is 289 g/mol. The van der Waals surface area contributed by atoms with Gasteiger partial charge in [0.25, 0.3) is 0 Å². The van der Waals surface area contributed by atoms with Crippen LogP contribution in [-0.2, 0) is 0 Å². The van der Waals surface area contributed by atoms with Gasteiger partial charge in [-0.1, -0.05) is 29.8 Å². The predicted molar refractivity (Wildman–Crippen MR) is 85.3 cm³/mol. The van der Waals surface area contributed by atoms with Gasteiger partial charge in [-0.2, -0.15) is 0 Å². The number of hydrogen-bond acceptors (Lipinski definition) is 2. The van der Waals surface area contributed by atoms with E-state index in [4.69, 9.17) is 11.6 Å². The zero-order valence-electron chi connectivity index (χ0n) is 12.3. The van der Waals surface area contributed by atoms with Crippen LogP contribution in [0.5, 0.6) is 0 Å². The van der Waals surface area contributed by atoms with Crippen molar-refractivity contribution in [3.05, 3.63) is 64.4 Å². The van der Waals surface area contributed by atoms with E-state index < -0.39 is 11.9 Å². The molecule has 0 aromatic heterocycles. The summed E-state index contributed by atoms with van der Waals surface area (Å²) in [6, 6.07) is 12.4. The molecule has 0 aliphatic carbocycles. The van der Waals surface area contributed by atoms with E-state index in [9.17, 15) is 9.50 Å². The van der Waals surface area contributed by atoms with Gasteiger partial charge in [0.1, 0.15) is 5.82 Å². The van der Waals surface area contributed by atoms with Gasteiger partial charge in [0.15, 0.2) is 0 Å². The first-order valence-corrected chi connectivity index (χ1v) is 7.24. The molecule has 0 fully saturated rings. The molecule has 0 aliphatic heterocycles. The lowest BCUT2D eigenvalue weighted by molar-refractivity contribution is 0.194. The van der Waals surface area contributed by atoms with E-state index in [1.54, 1.807) is 13.0 Å². The highest BCUT2D eigenvalue weighted by Crippen LogP contribution is 2.33. The van der Waals surface area contributed by atoms with Crippen LogP contribution < -0.4 is 4.90 Å². The fourth-order valence-corrected chi connectivity index (χ4v) is 2.64. The third-order valence-electron chi connectivity index (χ3n) is 3.74. The first-order chi connectivity index (χ1) is 9.91. The highest BCUT2D eigenvalue weighted by molar-refractivity contribution is 6.30. The molecule has 0 heterocycles. The zero-order valence-corrected chi connectivity index (χ0v) is 13.1. The average molecular weight is 308 g/mol. The summed E-state index contributed by atoms with van der Waals surface area (Å²) in [6.07, 6.45) is -0.866. The number of nitrogens with zero attached hydrogens (tertiary/aromatic N) is 1. The third kappa shape index (κ3) is 3.36. The summed E-state index contributed by atoms with van der Waals surface area (Å²) in [6.45, 7) is 3.59. The Labute approximate surface area is 129 Å². The molecular formula is C17H19ClFNO. The molecule has 0 saturated heterocycles. The lowest BCUT2D eigenvalue weighted by atomic mass is 10.0. The highest BCUT2D eigenvalue weighted by Gasteiger charge is 2.20. The molecule has 1 N–H and O–H groups in total. The molecule has 2 nitrogen and oxygen atoms in total. The Morgan fingerprint density at radius 1 is 1.14 bits per heavy atom. The van der Waals surface area contributed by atoms with Crippen molar-refractivity contribution in [1.82, 2.24) is 0 Å². The van der Waals surface area contributed by atoms with E-state index in [-0.39, 0.29) is 6.04 Å². The topological polar surface area (TPSA) is 23.5 Å². The molecule has 1 unspecified atom stereocenters. The minimum absolute atomic E-state index is 0.00278. The summed E-state index contributed by atoms with van der Waals surface area (Å²) < 4.78 is 14.0. The van der Waals surface area contributed by atoms with Crippen LogP contribution in [0.2, 0.25) is 5.02 Å². The number of aliphatic hydroxyl groups excluding tert-OH is 1. The van der Waals surface area contributed by atoms with Gasteiger partial charge in [-0.3, -0.25) is 0 Å². The number of aliphatic hydroxyl groups is 1. The minimum Gasteiger partial charge on any atom is -0.389 e. The quantitative estimate of drug-likeness (QED) is 0.882. The van der Waals surface area contributed by atoms with Crippen molar-refractivity contribution >= 4 is 17.3 Å². The van der Waals surface area contributed by atoms with Gasteiger partial charge in [-0.15, -0.1) is 0 Å². The maximum absolute atomic E-state index is 14.0. The van der Waals surface area contributed by atoms with Crippen molar-refractivity contribution in [2.24, 2.45) is 0 Å². The number of halogens is 2. The predicted octanol–water partition coefficient (Wildman–Crippen LogP) is 4.73. The molecule has 2 aromatic carbocycles. The molecule has 2 atom stereocenters. The van der Waals surface area contributed by atoms with Crippen LogP contribution in [0.4, 0.5) is 10.1 Å². The largest absolute Gasteiger partial charge is 0.389 e. The zero-order chi connectivity index (χ0) is 15.6. The summed E-state index contributed by atoms with van der Waals surface area (Å²) in [5, 5.41) is 10.5. The first-order valence-electron chi connectivity index (χ1n) is 6.86. The monoisotopic (exact) mass is 307 g/mol. The van der Waals surface area contributed by atoms with Gasteiger partial charge in [0.05, 0.1) is 12.1 Å². The maximum Gasteiger partial charge on any atom is 0.131 e. The molecule has 112 valence electrons. The standard InChI is InChI=1S/C17H19ClFNO/c1-11(13-6-4-7-14(18)10-13)20(3)16-9-5-8-15(19)17(16)12(2)21/h4-12,21H,1-3H3/t11?,12-/m1/s1. The van der Waals surface area contributed by atoms with Crippen LogP contribution in [-0.4, -0.2) is 12.2 Å². The van der Waals surface area contributed by atoms with E-state index in [0.717, 1.165) is 5.56 Å². The van der Waals surface area contributed by atoms with Crippen molar-refractivity contribution in [2.75, 3.05) is 11.9 Å². The minimum atomic E-state index is -0.866. The fourth-order valence-electron chi connectivity index (χ4n) is 2.45. The van der Waals surface area contributed by atoms with Crippen LogP contribution in [0.25, 0.3) is 0 Å². The molecule has 4 heteroatoms. The van der Waals surface area contributed by atoms with Crippen molar-refractivity contribution in [1.29, 1.82) is 0 Å². The van der Waals surface area contributed by atoms with E-state index in [1.807, 2.05) is 49.2 Å². The van der Waals surface area contributed by atoms with Gasteiger partial charge in [-0.25, -0.2) is 4.39 Å². The Kier molecular flexibility index (Phi) is 4.86. The summed E-state index contributed by atoms with van der Waals surface area (Å²) >= 11 is 6.03. The SMILES string of the molecule is CC(c1cccc(Cl)c1)N(C)c1cccc(F)c1[C@@H](C)O. The van der Waals surface area contributed by atoms with Crippen LogP contribution in [0.1, 0.15) is 37.1 Å². The summed E-state index contributed by atoms with van der Waals surface area (Å²) in [4.78, 5) is 1.94. The molecule has 0 saturated carbocycles. The second kappa shape index (κ2) is 6.46. The van der Waals surface area contributed by atoms with Crippen LogP contribution in [0.15, 0.2) is 42.5 Å². The smallest absolute Gasteiger partial charge is 0.131 e. The van der Waals surface area contributed by atoms with Crippen molar-refractivity contribution < 1.29 is 9.50 Å². The van der Waals surface area contributed by atoms with Gasteiger partial charge >= 0.3 is 0 Å². The first kappa shape index (κ1) is 15.8. The van der Waals surface area contributed by atoms with Crippen molar-refractivity contribution in [3.63, 3.8) is 0 Å². The fraction of sp³-hybridized carbons (Fsp3) is 0.294. The molecule has 0 spiro atoms. The van der Waals surface area contributed by atoms with E-state index in [1.165, 1.54) is 6.07 Å². The van der Waals surface area contributed by atoms with Gasteiger partial charge in [0, 0.05) is 23.3 Å². The Morgan fingerprint density at radius 2 is 1.81 bits per heavy atom. The Bertz CT molecular complexity index is 630. The highest BCUT2D eigenvalue weighted by atomic mass is 35.5. The molecule has 0 bridgehead atoms. The second-order valence-corrected chi connectivity index (χ2v) is 5.63. The maximum atomic E-state index is 14.0. The number of rotatable bonds is 4. The number of anilines is 1. The molecule has 21 heavy (non-hydrogen) atoms. The van der Waals surface area contributed by atoms with Crippen molar-refractivity contribution in [3.8, 4) is 0 Å². The number of benzene rings is 2.